The molecule has 0 unspecified atom stereocenters. The lowest BCUT2D eigenvalue weighted by Crippen LogP contribution is -2.26. The zero-order chi connectivity index (χ0) is 33.7. The summed E-state index contributed by atoms with van der Waals surface area (Å²) in [6.07, 6.45) is -4.11. The number of sulfone groups is 1. The second kappa shape index (κ2) is 12.7. The minimum Gasteiger partial charge on any atom is -0.493 e. The van der Waals surface area contributed by atoms with Crippen LogP contribution in [0.15, 0.2) is 36.4 Å². The molecule has 0 aromatic heterocycles. The number of esters is 1. The molecule has 6 rings (SSSR count). The van der Waals surface area contributed by atoms with E-state index in [9.17, 15) is 26.4 Å². The largest absolute Gasteiger partial charge is 0.493 e. The van der Waals surface area contributed by atoms with Crippen LogP contribution in [0.2, 0.25) is 0 Å². The first-order chi connectivity index (χ1) is 22.2. The molecule has 1 fully saturated rings. The van der Waals surface area contributed by atoms with Crippen molar-refractivity contribution in [1.29, 1.82) is 0 Å². The first kappa shape index (κ1) is 33.1. The van der Waals surface area contributed by atoms with Gasteiger partial charge in [-0.15, -0.1) is 0 Å². The summed E-state index contributed by atoms with van der Waals surface area (Å²) in [5.41, 5.74) is 2.05. The average molecular weight is 677 g/mol. The van der Waals surface area contributed by atoms with Gasteiger partial charge in [-0.25, -0.2) is 12.8 Å². The van der Waals surface area contributed by atoms with E-state index >= 15 is 4.39 Å². The molecule has 0 spiro atoms. The van der Waals surface area contributed by atoms with Gasteiger partial charge in [0.05, 0.1) is 43.8 Å². The van der Waals surface area contributed by atoms with Gasteiger partial charge in [0.15, 0.2) is 0 Å². The van der Waals surface area contributed by atoms with Crippen LogP contribution >= 0.6 is 0 Å². The van der Waals surface area contributed by atoms with Gasteiger partial charge in [-0.05, 0) is 97.5 Å². The average Bonchev–Trinajstić information content (AvgIpc) is 3.61. The SMILES string of the molecule is COC(=O)C[C@@H]1COc2cc(O[C@@H]3CCc4c(-c5c(C)cc(OCC6CCS(=O)(=O)CC6)cc5C)cc(C(F)(F)F)c(F)c43)ccc21. The number of carbonyl (C=O) groups excluding carboxylic acids is 1. The van der Waals surface area contributed by atoms with Gasteiger partial charge in [0.1, 0.15) is 39.0 Å². The molecule has 2 atom stereocenters. The van der Waals surface area contributed by atoms with E-state index in [2.05, 4.69) is 0 Å². The summed E-state index contributed by atoms with van der Waals surface area (Å²) >= 11 is 0. The van der Waals surface area contributed by atoms with Crippen molar-refractivity contribution >= 4 is 15.8 Å². The molecule has 0 saturated carbocycles. The highest BCUT2D eigenvalue weighted by Crippen LogP contribution is 2.48. The third-order valence-corrected chi connectivity index (χ3v) is 11.1. The van der Waals surface area contributed by atoms with Crippen LogP contribution < -0.4 is 14.2 Å². The first-order valence-corrected chi connectivity index (χ1v) is 17.4. The van der Waals surface area contributed by atoms with Gasteiger partial charge in [-0.1, -0.05) is 6.07 Å². The third kappa shape index (κ3) is 6.79. The minimum absolute atomic E-state index is 0.101. The highest BCUT2D eigenvalue weighted by Gasteiger charge is 2.41. The summed E-state index contributed by atoms with van der Waals surface area (Å²) in [6.45, 7) is 4.19. The molecule has 3 aliphatic rings. The van der Waals surface area contributed by atoms with E-state index in [-0.39, 0.29) is 54.3 Å². The number of hydrogen-bond acceptors (Lipinski definition) is 7. The second-order valence-electron chi connectivity index (χ2n) is 12.6. The fourth-order valence-electron chi connectivity index (χ4n) is 6.99. The maximum atomic E-state index is 15.8. The Kier molecular flexibility index (Phi) is 8.92. The monoisotopic (exact) mass is 676 g/mol. The van der Waals surface area contributed by atoms with Crippen molar-refractivity contribution in [3.63, 3.8) is 0 Å². The molecule has 1 saturated heterocycles. The summed E-state index contributed by atoms with van der Waals surface area (Å²) in [6, 6.07) is 9.44. The number of carbonyl (C=O) groups is 1. The number of fused-ring (bicyclic) bond motifs is 2. The van der Waals surface area contributed by atoms with Gasteiger partial charge in [0.2, 0.25) is 0 Å². The Balaban J connectivity index is 1.29. The number of alkyl halides is 3. The maximum absolute atomic E-state index is 15.8. The minimum atomic E-state index is -4.94. The molecule has 0 bridgehead atoms. The fourth-order valence-corrected chi connectivity index (χ4v) is 8.58. The number of aryl methyl sites for hydroxylation is 2. The zero-order valence-electron chi connectivity index (χ0n) is 26.3. The molecule has 1 aliphatic carbocycles. The van der Waals surface area contributed by atoms with Gasteiger partial charge in [0.25, 0.3) is 0 Å². The van der Waals surface area contributed by atoms with Crippen molar-refractivity contribution in [3.8, 4) is 28.4 Å². The summed E-state index contributed by atoms with van der Waals surface area (Å²) in [4.78, 5) is 11.8. The molecule has 3 aromatic rings. The molecule has 252 valence electrons. The van der Waals surface area contributed by atoms with E-state index in [4.69, 9.17) is 18.9 Å². The number of benzene rings is 3. The van der Waals surface area contributed by atoms with Gasteiger partial charge in [0, 0.05) is 23.1 Å². The van der Waals surface area contributed by atoms with Crippen molar-refractivity contribution in [1.82, 2.24) is 0 Å². The van der Waals surface area contributed by atoms with E-state index in [0.29, 0.717) is 70.9 Å². The fraction of sp³-hybridized carbons (Fsp3) is 0.457. The van der Waals surface area contributed by atoms with Crippen LogP contribution in [0.5, 0.6) is 17.2 Å². The predicted molar refractivity (Wildman–Crippen MR) is 166 cm³/mol. The van der Waals surface area contributed by atoms with E-state index < -0.39 is 33.5 Å². The Morgan fingerprint density at radius 1 is 1.00 bits per heavy atom. The van der Waals surface area contributed by atoms with Gasteiger partial charge in [-0.3, -0.25) is 4.79 Å². The Morgan fingerprint density at radius 3 is 2.36 bits per heavy atom. The lowest BCUT2D eigenvalue weighted by atomic mass is 9.88. The second-order valence-corrected chi connectivity index (χ2v) is 15.0. The van der Waals surface area contributed by atoms with Crippen molar-refractivity contribution in [2.24, 2.45) is 5.92 Å². The molecule has 2 heterocycles. The van der Waals surface area contributed by atoms with Gasteiger partial charge < -0.3 is 18.9 Å². The van der Waals surface area contributed by atoms with E-state index in [1.807, 2.05) is 0 Å². The third-order valence-electron chi connectivity index (χ3n) is 9.42. The summed E-state index contributed by atoms with van der Waals surface area (Å²) in [5.74, 6) is -0.154. The zero-order valence-corrected chi connectivity index (χ0v) is 27.2. The van der Waals surface area contributed by atoms with E-state index in [0.717, 1.165) is 11.6 Å². The first-order valence-electron chi connectivity index (χ1n) is 15.6. The van der Waals surface area contributed by atoms with Crippen molar-refractivity contribution in [2.75, 3.05) is 31.8 Å². The number of hydrogen-bond donors (Lipinski definition) is 0. The Bertz CT molecular complexity index is 1780. The van der Waals surface area contributed by atoms with Crippen LogP contribution in [0, 0.1) is 25.6 Å². The van der Waals surface area contributed by atoms with Crippen LogP contribution in [0.3, 0.4) is 0 Å². The van der Waals surface area contributed by atoms with Crippen LogP contribution in [0.4, 0.5) is 17.6 Å². The van der Waals surface area contributed by atoms with Crippen LogP contribution in [-0.2, 0) is 32.0 Å². The molecule has 12 heteroatoms. The topological polar surface area (TPSA) is 88.1 Å². The summed E-state index contributed by atoms with van der Waals surface area (Å²) < 4.78 is 105. The van der Waals surface area contributed by atoms with Crippen molar-refractivity contribution in [3.05, 3.63) is 75.6 Å². The molecular weight excluding hydrogens is 640 g/mol. The summed E-state index contributed by atoms with van der Waals surface area (Å²) in [5, 5.41) is 0. The predicted octanol–water partition coefficient (Wildman–Crippen LogP) is 7.44. The Morgan fingerprint density at radius 2 is 1.70 bits per heavy atom. The number of rotatable bonds is 8. The summed E-state index contributed by atoms with van der Waals surface area (Å²) in [7, 11) is -1.68. The molecule has 0 radical (unpaired) electrons. The molecular formula is C35H36F4O7S. The molecule has 0 amide bonds. The number of halogens is 4. The van der Waals surface area contributed by atoms with Crippen LogP contribution in [-0.4, -0.2) is 46.2 Å². The highest BCUT2D eigenvalue weighted by molar-refractivity contribution is 7.91. The quantitative estimate of drug-likeness (QED) is 0.181. The molecule has 47 heavy (non-hydrogen) atoms. The Labute approximate surface area is 271 Å². The standard InChI is InChI=1S/C35H36F4O7S/c1-19-12-24(44-17-21-8-10-47(41,42)11-9-21)13-20(2)32(19)27-16-28(35(37,38)39)34(36)33-26(27)6-7-29(33)46-23-4-5-25-22(14-31(40)43-3)18-45-30(25)15-23/h4-5,12-13,15-16,21-22,29H,6-11,14,17-18H2,1-3H3/t22-,29-/m1/s1. The van der Waals surface area contributed by atoms with E-state index in [1.165, 1.54) is 7.11 Å². The highest BCUT2D eigenvalue weighted by atomic mass is 32.2. The molecule has 0 N–H and O–H groups in total. The van der Waals surface area contributed by atoms with Gasteiger partial charge >= 0.3 is 12.1 Å². The van der Waals surface area contributed by atoms with Crippen LogP contribution in [0.25, 0.3) is 11.1 Å². The maximum Gasteiger partial charge on any atom is 0.419 e. The van der Waals surface area contributed by atoms with E-state index in [1.54, 1.807) is 44.2 Å². The van der Waals surface area contributed by atoms with Crippen molar-refractivity contribution in [2.45, 2.75) is 64.1 Å². The number of ether oxygens (including phenoxy) is 4. The lowest BCUT2D eigenvalue weighted by molar-refractivity contribution is -0.141. The smallest absolute Gasteiger partial charge is 0.419 e. The van der Waals surface area contributed by atoms with Gasteiger partial charge in [-0.2, -0.15) is 13.2 Å². The molecule has 7 nitrogen and oxygen atoms in total. The molecule has 3 aromatic carbocycles. The normalized spacial score (nSPS) is 20.3. The van der Waals surface area contributed by atoms with Crippen molar-refractivity contribution < 1.29 is 49.7 Å². The van der Waals surface area contributed by atoms with Crippen LogP contribution in [0.1, 0.15) is 71.1 Å². The lowest BCUT2D eigenvalue weighted by Gasteiger charge is -2.23. The Hall–Kier alpha value is -3.80. The number of methoxy groups -OCH3 is 1. The molecule has 2 aliphatic heterocycles.